The maximum atomic E-state index is 4.93. The number of hydrogen-bond donors (Lipinski definition) is 0. The third kappa shape index (κ3) is 9.15. The van der Waals surface area contributed by atoms with E-state index in [1.165, 1.54) is 76.5 Å². The molecule has 0 saturated carbocycles. The van der Waals surface area contributed by atoms with E-state index < -0.39 is 20.8 Å². The molecule has 8 aromatic rings. The number of fused-ring (bicyclic) bond motifs is 4. The Morgan fingerprint density at radius 1 is 0.480 bits per heavy atom. The van der Waals surface area contributed by atoms with E-state index in [1.807, 2.05) is 0 Å². The number of rotatable bonds is 4. The summed E-state index contributed by atoms with van der Waals surface area (Å²) in [6.45, 7) is 13.3. The molecule has 0 atom stereocenters. The molecule has 50 heavy (non-hydrogen) atoms. The molecule has 4 heteroatoms. The average Bonchev–Trinajstić information content (AvgIpc) is 3.78. The van der Waals surface area contributed by atoms with Crippen molar-refractivity contribution in [2.75, 3.05) is 0 Å². The van der Waals surface area contributed by atoms with Gasteiger partial charge in [0.1, 0.15) is 0 Å². The van der Waals surface area contributed by atoms with Crippen molar-refractivity contribution in [2.45, 2.75) is 52.6 Å². The molecular formula is C46H44Cl2SiZr. The second-order valence-electron chi connectivity index (χ2n) is 13.2. The summed E-state index contributed by atoms with van der Waals surface area (Å²) in [7, 11) is 11.0. The summed E-state index contributed by atoms with van der Waals surface area (Å²) in [5.74, 6) is 1.13. The Morgan fingerprint density at radius 3 is 1.20 bits per heavy atom. The fourth-order valence-corrected chi connectivity index (χ4v) is 6.40. The van der Waals surface area contributed by atoms with Crippen LogP contribution in [-0.4, -0.2) is 9.52 Å². The number of benzene rings is 6. The Balaban J connectivity index is 0.000000168. The minimum absolute atomic E-state index is 0.567. The minimum atomic E-state index is -0.826. The van der Waals surface area contributed by atoms with Gasteiger partial charge in [0.05, 0.1) is 0 Å². The molecule has 2 radical (unpaired) electrons. The fourth-order valence-electron chi connectivity index (χ4n) is 6.40. The van der Waals surface area contributed by atoms with Gasteiger partial charge in [-0.05, 0) is 56.6 Å². The van der Waals surface area contributed by atoms with E-state index in [4.69, 9.17) is 17.0 Å². The van der Waals surface area contributed by atoms with Gasteiger partial charge in [-0.25, -0.2) is 0 Å². The zero-order chi connectivity index (χ0) is 35.6. The van der Waals surface area contributed by atoms with E-state index in [1.54, 1.807) is 0 Å². The maximum absolute atomic E-state index is 4.93. The van der Waals surface area contributed by atoms with Crippen molar-refractivity contribution in [3.05, 3.63) is 157 Å². The van der Waals surface area contributed by atoms with Gasteiger partial charge in [-0.1, -0.05) is 137 Å². The summed E-state index contributed by atoms with van der Waals surface area (Å²) in [4.78, 5) is 0. The van der Waals surface area contributed by atoms with Gasteiger partial charge < -0.3 is 0 Å². The van der Waals surface area contributed by atoms with Crippen LogP contribution < -0.4 is 0 Å². The molecule has 250 valence electrons. The normalized spacial score (nSPS) is 10.8. The summed E-state index contributed by atoms with van der Waals surface area (Å²) < 4.78 is 0. The fraction of sp³-hybridized carbons (Fsp3) is 0.174. The summed E-state index contributed by atoms with van der Waals surface area (Å²) in [5, 5.41) is 10.6. The zero-order valence-corrected chi connectivity index (χ0v) is 34.7. The Kier molecular flexibility index (Phi) is 13.9. The molecule has 0 spiro atoms. The first-order valence-electron chi connectivity index (χ1n) is 17.2. The van der Waals surface area contributed by atoms with Crippen LogP contribution in [0.4, 0.5) is 0 Å². The molecule has 8 aromatic carbocycles. The van der Waals surface area contributed by atoms with Gasteiger partial charge in [0.25, 0.3) is 0 Å². The van der Waals surface area contributed by atoms with Gasteiger partial charge in [0, 0.05) is 9.52 Å². The van der Waals surface area contributed by atoms with Crippen LogP contribution in [0.3, 0.4) is 0 Å². The van der Waals surface area contributed by atoms with Crippen LogP contribution in [-0.2, 0) is 20.8 Å². The first kappa shape index (κ1) is 38.0. The van der Waals surface area contributed by atoms with Gasteiger partial charge in [0.15, 0.2) is 0 Å². The monoisotopic (exact) mass is 784 g/mol. The van der Waals surface area contributed by atoms with Crippen molar-refractivity contribution >= 4 is 69.6 Å². The standard InChI is InChI=1S/2C22H19.C2H6Si.2ClH.Zr/c2*1-15(2)20-13-18-8-5-9-21(22(18)14-20)19-11-10-16-6-3-4-7-17(16)12-19;1-3-2;;;/h2*3-15H,1-2H3;1-2H3;2*1H;/q2*-1;;;;+4/p-2. The number of hydrogen-bond acceptors (Lipinski definition) is 0. The molecule has 8 rings (SSSR count). The van der Waals surface area contributed by atoms with Gasteiger partial charge in [-0.3, -0.25) is 0 Å². The van der Waals surface area contributed by atoms with Gasteiger partial charge in [-0.2, -0.15) is 12.1 Å². The van der Waals surface area contributed by atoms with Gasteiger partial charge in [-0.15, -0.1) is 69.1 Å². The van der Waals surface area contributed by atoms with Crippen LogP contribution in [0.1, 0.15) is 50.7 Å². The van der Waals surface area contributed by atoms with Crippen LogP contribution in [0.25, 0.3) is 65.3 Å². The Bertz CT molecular complexity index is 2130. The molecule has 0 aromatic heterocycles. The predicted molar refractivity (Wildman–Crippen MR) is 222 cm³/mol. The molecule has 0 amide bonds. The third-order valence-corrected chi connectivity index (χ3v) is 9.00. The summed E-state index contributed by atoms with van der Waals surface area (Å²) in [5.41, 5.74) is 8.09. The van der Waals surface area contributed by atoms with Gasteiger partial charge in [0.2, 0.25) is 0 Å². The van der Waals surface area contributed by atoms with Crippen molar-refractivity contribution in [1.82, 2.24) is 0 Å². The van der Waals surface area contributed by atoms with Crippen molar-refractivity contribution in [3.63, 3.8) is 0 Å². The third-order valence-electron chi connectivity index (χ3n) is 9.00. The average molecular weight is 787 g/mol. The summed E-state index contributed by atoms with van der Waals surface area (Å²) in [6, 6.07) is 53.2. The first-order chi connectivity index (χ1) is 24.3. The van der Waals surface area contributed by atoms with Crippen molar-refractivity contribution < 1.29 is 20.8 Å². The summed E-state index contributed by atoms with van der Waals surface area (Å²) in [6.07, 6.45) is 0. The Labute approximate surface area is 319 Å². The van der Waals surface area contributed by atoms with E-state index >= 15 is 0 Å². The van der Waals surface area contributed by atoms with E-state index in [0.717, 1.165) is 9.52 Å². The van der Waals surface area contributed by atoms with E-state index in [0.29, 0.717) is 11.8 Å². The van der Waals surface area contributed by atoms with E-state index in [2.05, 4.69) is 186 Å². The van der Waals surface area contributed by atoms with Crippen molar-refractivity contribution in [1.29, 1.82) is 0 Å². The molecule has 0 nitrogen and oxygen atoms in total. The number of halogens is 2. The molecule has 0 fully saturated rings. The molecular weight excluding hydrogens is 743 g/mol. The molecule has 0 heterocycles. The SMILES string of the molecule is CC(C)c1cc2c(-c3ccc4ccccc4c3)cccc2[cH-]1.CC(C)c1cc2c(-c3ccc4ccccc4c3)cccc2[cH-]1.C[Si]C.[Cl][Zr+2][Cl]. The Hall–Kier alpha value is -3.26. The second kappa shape index (κ2) is 18.3. The molecule has 0 unspecified atom stereocenters. The quantitative estimate of drug-likeness (QED) is 0.123. The predicted octanol–water partition coefficient (Wildman–Crippen LogP) is 15.2. The molecule has 0 bridgehead atoms. The molecule has 0 N–H and O–H groups in total. The van der Waals surface area contributed by atoms with Crippen LogP contribution >= 0.6 is 17.0 Å². The van der Waals surface area contributed by atoms with Gasteiger partial charge >= 0.3 is 37.9 Å². The van der Waals surface area contributed by atoms with Crippen LogP contribution in [0.15, 0.2) is 146 Å². The first-order valence-corrected chi connectivity index (χ1v) is 25.5. The summed E-state index contributed by atoms with van der Waals surface area (Å²) >= 11 is -0.826. The molecule has 0 aliphatic rings. The molecule has 0 aliphatic carbocycles. The molecule has 0 saturated heterocycles. The van der Waals surface area contributed by atoms with Crippen molar-refractivity contribution in [2.24, 2.45) is 0 Å². The van der Waals surface area contributed by atoms with E-state index in [-0.39, 0.29) is 0 Å². The van der Waals surface area contributed by atoms with Crippen LogP contribution in [0.2, 0.25) is 13.1 Å². The van der Waals surface area contributed by atoms with Crippen molar-refractivity contribution in [3.8, 4) is 22.3 Å². The van der Waals surface area contributed by atoms with E-state index in [9.17, 15) is 0 Å². The van der Waals surface area contributed by atoms with Crippen LogP contribution in [0.5, 0.6) is 0 Å². The zero-order valence-electron chi connectivity index (χ0n) is 29.8. The second-order valence-corrected chi connectivity index (χ2v) is 17.9. The topological polar surface area (TPSA) is 0 Å². The van der Waals surface area contributed by atoms with Crippen LogP contribution in [0, 0.1) is 0 Å². The Morgan fingerprint density at radius 2 is 0.840 bits per heavy atom. The molecule has 0 aliphatic heterocycles.